The van der Waals surface area contributed by atoms with Crippen LogP contribution >= 0.6 is 34.4 Å². The van der Waals surface area contributed by atoms with E-state index in [2.05, 4.69) is 38.5 Å². The first-order chi connectivity index (χ1) is 19.4. The summed E-state index contributed by atoms with van der Waals surface area (Å²) in [4.78, 5) is 39.2. The Hall–Kier alpha value is -4.09. The molecule has 202 valence electrons. The van der Waals surface area contributed by atoms with E-state index < -0.39 is 11.8 Å². The fourth-order valence-electron chi connectivity index (χ4n) is 3.52. The zero-order chi connectivity index (χ0) is 28.3. The van der Waals surface area contributed by atoms with E-state index in [-0.39, 0.29) is 17.4 Å². The summed E-state index contributed by atoms with van der Waals surface area (Å²) in [7, 11) is 1.58. The van der Waals surface area contributed by atoms with Crippen molar-refractivity contribution in [1.29, 1.82) is 0 Å². The lowest BCUT2D eigenvalue weighted by Crippen LogP contribution is -2.30. The third-order valence-corrected chi connectivity index (χ3v) is 7.30. The van der Waals surface area contributed by atoms with E-state index in [0.717, 1.165) is 19.7 Å². The molecule has 7 nitrogen and oxygen atoms in total. The number of thioether (sulfide) groups is 1. The minimum Gasteiger partial charge on any atom is -0.497 e. The molecule has 4 rings (SSSR count). The van der Waals surface area contributed by atoms with E-state index >= 15 is 0 Å². The van der Waals surface area contributed by atoms with Gasteiger partial charge in [0.25, 0.3) is 11.8 Å². The number of hydrogen-bond acceptors (Lipinski definition) is 5. The molecule has 0 aliphatic carbocycles. The molecule has 3 amide bonds. The first kappa shape index (κ1) is 28.9. The van der Waals surface area contributed by atoms with Gasteiger partial charge in [0.1, 0.15) is 11.4 Å². The quantitative estimate of drug-likeness (QED) is 0.103. The van der Waals surface area contributed by atoms with Gasteiger partial charge < -0.3 is 20.7 Å². The number of carbonyl (C=O) groups excluding carboxylic acids is 3. The van der Waals surface area contributed by atoms with Crippen molar-refractivity contribution in [2.24, 2.45) is 0 Å². The number of ether oxygens (including phenoxy) is 1. The molecule has 0 aliphatic heterocycles. The molecule has 4 aromatic carbocycles. The summed E-state index contributed by atoms with van der Waals surface area (Å²) in [5, 5.41) is 8.44. The number of halogens is 1. The Morgan fingerprint density at radius 1 is 0.800 bits per heavy atom. The molecule has 0 unspecified atom stereocenters. The molecule has 0 atom stereocenters. The predicted octanol–water partition coefficient (Wildman–Crippen LogP) is 6.44. The highest BCUT2D eigenvalue weighted by Gasteiger charge is 2.15. The standard InChI is InChI=1S/C31H26IN3O4S/c1-39-26-15-7-21(8-16-26)19-28(35-30(37)22-5-3-2-4-6-22)31(38)34-25-13-17-27(18-14-25)40-20-29(36)33-24-11-9-23(32)10-12-24/h2-19H,20H2,1H3,(H,33,36)(H,34,38)(H,35,37)/b28-19-. The first-order valence-corrected chi connectivity index (χ1v) is 14.3. The predicted molar refractivity (Wildman–Crippen MR) is 168 cm³/mol. The van der Waals surface area contributed by atoms with Gasteiger partial charge in [0.05, 0.1) is 12.9 Å². The van der Waals surface area contributed by atoms with Gasteiger partial charge >= 0.3 is 0 Å². The second kappa shape index (κ2) is 14.3. The summed E-state index contributed by atoms with van der Waals surface area (Å²) in [6.45, 7) is 0. The largest absolute Gasteiger partial charge is 0.497 e. The molecule has 0 saturated heterocycles. The van der Waals surface area contributed by atoms with Crippen molar-refractivity contribution in [3.8, 4) is 5.75 Å². The van der Waals surface area contributed by atoms with Gasteiger partial charge in [0, 0.05) is 25.4 Å². The van der Waals surface area contributed by atoms with Crippen LogP contribution in [0, 0.1) is 3.57 Å². The van der Waals surface area contributed by atoms with E-state index in [1.54, 1.807) is 73.8 Å². The fraction of sp³-hybridized carbons (Fsp3) is 0.0645. The highest BCUT2D eigenvalue weighted by Crippen LogP contribution is 2.22. The number of carbonyl (C=O) groups is 3. The molecule has 0 bridgehead atoms. The zero-order valence-electron chi connectivity index (χ0n) is 21.5. The summed E-state index contributed by atoms with van der Waals surface area (Å²) in [6, 6.07) is 30.6. The summed E-state index contributed by atoms with van der Waals surface area (Å²) < 4.78 is 6.30. The number of methoxy groups -OCH3 is 1. The molecule has 0 radical (unpaired) electrons. The van der Waals surface area contributed by atoms with E-state index in [4.69, 9.17) is 4.74 Å². The van der Waals surface area contributed by atoms with Gasteiger partial charge in [-0.05, 0) is 107 Å². The Bertz CT molecular complexity index is 1490. The SMILES string of the molecule is COc1ccc(/C=C(\NC(=O)c2ccccc2)C(=O)Nc2ccc(SCC(=O)Nc3ccc(I)cc3)cc2)cc1. The van der Waals surface area contributed by atoms with Crippen LogP contribution in [0.2, 0.25) is 0 Å². The number of amides is 3. The minimum absolute atomic E-state index is 0.0877. The zero-order valence-corrected chi connectivity index (χ0v) is 24.5. The lowest BCUT2D eigenvalue weighted by atomic mass is 10.1. The summed E-state index contributed by atoms with van der Waals surface area (Å²) >= 11 is 3.60. The lowest BCUT2D eigenvalue weighted by Gasteiger charge is -2.12. The molecule has 3 N–H and O–H groups in total. The average molecular weight is 664 g/mol. The van der Waals surface area contributed by atoms with E-state index in [1.165, 1.54) is 11.8 Å². The van der Waals surface area contributed by atoms with Gasteiger partial charge in [-0.2, -0.15) is 0 Å². The highest BCUT2D eigenvalue weighted by atomic mass is 127. The monoisotopic (exact) mass is 663 g/mol. The van der Waals surface area contributed by atoms with Crippen molar-refractivity contribution in [2.45, 2.75) is 4.90 Å². The van der Waals surface area contributed by atoms with Crippen molar-refractivity contribution in [3.05, 3.63) is 124 Å². The Morgan fingerprint density at radius 3 is 2.08 bits per heavy atom. The third kappa shape index (κ3) is 8.72. The molecule has 0 aromatic heterocycles. The normalized spacial score (nSPS) is 10.9. The van der Waals surface area contributed by atoms with Crippen LogP contribution in [-0.4, -0.2) is 30.6 Å². The summed E-state index contributed by atoms with van der Waals surface area (Å²) in [6.07, 6.45) is 1.60. The Morgan fingerprint density at radius 2 is 1.43 bits per heavy atom. The maximum absolute atomic E-state index is 13.2. The molecule has 0 heterocycles. The van der Waals surface area contributed by atoms with Gasteiger partial charge in [-0.25, -0.2) is 0 Å². The van der Waals surface area contributed by atoms with Gasteiger partial charge in [0.2, 0.25) is 5.91 Å². The van der Waals surface area contributed by atoms with Crippen molar-refractivity contribution in [1.82, 2.24) is 5.32 Å². The third-order valence-electron chi connectivity index (χ3n) is 5.57. The summed E-state index contributed by atoms with van der Waals surface area (Å²) in [5.41, 5.74) is 2.54. The Kier molecular flexibility index (Phi) is 10.4. The molecule has 9 heteroatoms. The van der Waals surface area contributed by atoms with E-state index in [0.29, 0.717) is 17.0 Å². The maximum Gasteiger partial charge on any atom is 0.272 e. The number of nitrogens with one attached hydrogen (secondary N) is 3. The number of rotatable bonds is 10. The average Bonchev–Trinajstić information content (AvgIpc) is 2.98. The Balaban J connectivity index is 1.40. The second-order valence-electron chi connectivity index (χ2n) is 8.47. The molecule has 0 aliphatic rings. The van der Waals surface area contributed by atoms with Gasteiger partial charge in [-0.3, -0.25) is 14.4 Å². The van der Waals surface area contributed by atoms with Crippen molar-refractivity contribution in [2.75, 3.05) is 23.5 Å². The van der Waals surface area contributed by atoms with Crippen LogP contribution in [0.4, 0.5) is 11.4 Å². The summed E-state index contributed by atoms with van der Waals surface area (Å²) in [5.74, 6) is -0.0474. The minimum atomic E-state index is -0.475. The first-order valence-electron chi connectivity index (χ1n) is 12.2. The Labute approximate surface area is 250 Å². The van der Waals surface area contributed by atoms with Crippen LogP contribution in [0.3, 0.4) is 0 Å². The molecular weight excluding hydrogens is 637 g/mol. The van der Waals surface area contributed by atoms with E-state index in [1.807, 2.05) is 42.5 Å². The molecule has 0 spiro atoms. The van der Waals surface area contributed by atoms with Crippen molar-refractivity contribution >= 4 is 69.5 Å². The van der Waals surface area contributed by atoms with Gasteiger partial charge in [-0.1, -0.05) is 30.3 Å². The molecule has 4 aromatic rings. The molecule has 40 heavy (non-hydrogen) atoms. The topological polar surface area (TPSA) is 96.5 Å². The number of hydrogen-bond donors (Lipinski definition) is 3. The lowest BCUT2D eigenvalue weighted by molar-refractivity contribution is -0.114. The fourth-order valence-corrected chi connectivity index (χ4v) is 4.58. The van der Waals surface area contributed by atoms with Crippen molar-refractivity contribution < 1.29 is 19.1 Å². The van der Waals surface area contributed by atoms with Gasteiger partial charge in [0.15, 0.2) is 0 Å². The second-order valence-corrected chi connectivity index (χ2v) is 10.8. The maximum atomic E-state index is 13.2. The van der Waals surface area contributed by atoms with Crippen LogP contribution in [-0.2, 0) is 9.59 Å². The van der Waals surface area contributed by atoms with E-state index in [9.17, 15) is 14.4 Å². The van der Waals surface area contributed by atoms with Crippen LogP contribution in [0.15, 0.2) is 114 Å². The van der Waals surface area contributed by atoms with Crippen LogP contribution in [0.5, 0.6) is 5.75 Å². The number of benzene rings is 4. The van der Waals surface area contributed by atoms with Crippen LogP contribution < -0.4 is 20.7 Å². The van der Waals surface area contributed by atoms with Crippen LogP contribution in [0.25, 0.3) is 6.08 Å². The number of anilines is 2. The molecular formula is C31H26IN3O4S. The molecule has 0 fully saturated rings. The van der Waals surface area contributed by atoms with Crippen molar-refractivity contribution in [3.63, 3.8) is 0 Å². The smallest absolute Gasteiger partial charge is 0.272 e. The highest BCUT2D eigenvalue weighted by molar-refractivity contribution is 14.1. The van der Waals surface area contributed by atoms with Gasteiger partial charge in [-0.15, -0.1) is 11.8 Å². The molecule has 0 saturated carbocycles. The van der Waals surface area contributed by atoms with Crippen LogP contribution in [0.1, 0.15) is 15.9 Å².